The third kappa shape index (κ3) is 3.83. The molecule has 2 atom stereocenters. The van der Waals surface area contributed by atoms with E-state index in [0.717, 1.165) is 38.0 Å². The number of amides is 1. The zero-order valence-electron chi connectivity index (χ0n) is 15.7. The number of anilines is 2. The molecule has 3 fully saturated rings. The summed E-state index contributed by atoms with van der Waals surface area (Å²) in [5, 5.41) is 3.01. The van der Waals surface area contributed by atoms with Gasteiger partial charge < -0.3 is 15.0 Å². The van der Waals surface area contributed by atoms with E-state index >= 15 is 0 Å². The van der Waals surface area contributed by atoms with Crippen molar-refractivity contribution in [2.24, 2.45) is 11.8 Å². The van der Waals surface area contributed by atoms with Crippen LogP contribution in [-0.4, -0.2) is 58.0 Å². The second kappa shape index (κ2) is 7.41. The van der Waals surface area contributed by atoms with Crippen LogP contribution in [0.15, 0.2) is 23.1 Å². The average molecular weight is 394 g/mol. The minimum atomic E-state index is -3.59. The van der Waals surface area contributed by atoms with Crippen molar-refractivity contribution in [2.75, 3.05) is 49.6 Å². The first kappa shape index (κ1) is 18.7. The first-order valence-electron chi connectivity index (χ1n) is 9.74. The molecule has 0 unspecified atom stereocenters. The number of carbonyl (C=O) groups is 1. The number of hydrogen-bond acceptors (Lipinski definition) is 5. The Bertz CT molecular complexity index is 814. The van der Waals surface area contributed by atoms with E-state index < -0.39 is 10.0 Å². The number of carbonyl (C=O) groups excluding carboxylic acids is 1. The van der Waals surface area contributed by atoms with Crippen molar-refractivity contribution >= 4 is 27.3 Å². The Morgan fingerprint density at radius 3 is 2.44 bits per heavy atom. The third-order valence-corrected chi connectivity index (χ3v) is 7.62. The molecule has 0 spiro atoms. The van der Waals surface area contributed by atoms with Gasteiger partial charge in [0.2, 0.25) is 15.9 Å². The summed E-state index contributed by atoms with van der Waals surface area (Å²) in [7, 11) is -3.59. The van der Waals surface area contributed by atoms with Gasteiger partial charge in [-0.1, -0.05) is 6.92 Å². The zero-order valence-corrected chi connectivity index (χ0v) is 16.5. The van der Waals surface area contributed by atoms with Crippen LogP contribution in [0.25, 0.3) is 0 Å². The Hall–Kier alpha value is -1.64. The maximum absolute atomic E-state index is 13.0. The Balaban J connectivity index is 1.64. The molecular formula is C19H27N3O4S. The predicted molar refractivity (Wildman–Crippen MR) is 103 cm³/mol. The summed E-state index contributed by atoms with van der Waals surface area (Å²) in [6, 6.07) is 5.13. The molecule has 27 heavy (non-hydrogen) atoms. The van der Waals surface area contributed by atoms with Gasteiger partial charge in [-0.25, -0.2) is 8.42 Å². The van der Waals surface area contributed by atoms with Crippen LogP contribution in [0, 0.1) is 11.8 Å². The second-order valence-corrected chi connectivity index (χ2v) is 9.64. The first-order chi connectivity index (χ1) is 13.0. The lowest BCUT2D eigenvalue weighted by molar-refractivity contribution is -0.117. The molecule has 1 saturated carbocycles. The number of sulfonamides is 1. The monoisotopic (exact) mass is 393 g/mol. The highest BCUT2D eigenvalue weighted by atomic mass is 32.2. The number of nitrogens with one attached hydrogen (secondary N) is 1. The molecule has 1 aliphatic carbocycles. The summed E-state index contributed by atoms with van der Waals surface area (Å²) in [5.74, 6) is 0.431. The lowest BCUT2D eigenvalue weighted by Crippen LogP contribution is -2.40. The van der Waals surface area contributed by atoms with E-state index in [2.05, 4.69) is 17.1 Å². The number of rotatable bonds is 5. The lowest BCUT2D eigenvalue weighted by Gasteiger charge is -2.27. The van der Waals surface area contributed by atoms with Crippen LogP contribution in [-0.2, 0) is 19.6 Å². The molecule has 8 heteroatoms. The molecule has 2 saturated heterocycles. The number of morpholine rings is 1. The van der Waals surface area contributed by atoms with Crippen molar-refractivity contribution < 1.29 is 17.9 Å². The van der Waals surface area contributed by atoms with E-state index in [9.17, 15) is 13.2 Å². The number of hydrogen-bond donors (Lipinski definition) is 1. The SMILES string of the molecule is C[C@H]1C[C@@H]1C(=O)Nc1cc(S(=O)(=O)N2CCOCC2)ccc1N1CCCC1. The summed E-state index contributed by atoms with van der Waals surface area (Å²) >= 11 is 0. The Morgan fingerprint density at radius 2 is 1.81 bits per heavy atom. The topological polar surface area (TPSA) is 79.0 Å². The van der Waals surface area contributed by atoms with Crippen LogP contribution < -0.4 is 10.2 Å². The lowest BCUT2D eigenvalue weighted by atomic mass is 10.2. The quantitative estimate of drug-likeness (QED) is 0.827. The summed E-state index contributed by atoms with van der Waals surface area (Å²) in [4.78, 5) is 15.0. The van der Waals surface area contributed by atoms with Gasteiger partial charge in [0, 0.05) is 32.1 Å². The minimum absolute atomic E-state index is 0.0103. The number of nitrogens with zero attached hydrogens (tertiary/aromatic N) is 2. The fourth-order valence-electron chi connectivity index (χ4n) is 3.86. The summed E-state index contributed by atoms with van der Waals surface area (Å²) in [6.07, 6.45) is 3.12. The number of ether oxygens (including phenoxy) is 1. The van der Waals surface area contributed by atoms with Gasteiger partial charge >= 0.3 is 0 Å². The molecule has 4 rings (SSSR count). The highest BCUT2D eigenvalue weighted by molar-refractivity contribution is 7.89. The molecule has 7 nitrogen and oxygen atoms in total. The highest BCUT2D eigenvalue weighted by Gasteiger charge is 2.39. The van der Waals surface area contributed by atoms with E-state index in [-0.39, 0.29) is 16.7 Å². The zero-order chi connectivity index (χ0) is 19.0. The molecule has 0 aromatic heterocycles. The maximum atomic E-state index is 13.0. The Kier molecular flexibility index (Phi) is 5.13. The van der Waals surface area contributed by atoms with Crippen molar-refractivity contribution in [1.29, 1.82) is 0 Å². The summed E-state index contributed by atoms with van der Waals surface area (Å²) in [5.41, 5.74) is 1.52. The number of benzene rings is 1. The Labute approximate surface area is 160 Å². The molecule has 2 heterocycles. The predicted octanol–water partition coefficient (Wildman–Crippen LogP) is 1.90. The van der Waals surface area contributed by atoms with E-state index in [1.807, 2.05) is 6.07 Å². The largest absolute Gasteiger partial charge is 0.379 e. The van der Waals surface area contributed by atoms with Crippen molar-refractivity contribution in [3.05, 3.63) is 18.2 Å². The van der Waals surface area contributed by atoms with Gasteiger partial charge in [-0.3, -0.25) is 4.79 Å². The molecule has 1 aromatic carbocycles. The molecular weight excluding hydrogens is 366 g/mol. The molecule has 1 N–H and O–H groups in total. The molecule has 2 aliphatic heterocycles. The van der Waals surface area contributed by atoms with E-state index in [1.165, 1.54) is 4.31 Å². The summed E-state index contributed by atoms with van der Waals surface area (Å²) in [6.45, 7) is 5.46. The maximum Gasteiger partial charge on any atom is 0.243 e. The van der Waals surface area contributed by atoms with Crippen molar-refractivity contribution in [3.63, 3.8) is 0 Å². The fraction of sp³-hybridized carbons (Fsp3) is 0.632. The minimum Gasteiger partial charge on any atom is -0.379 e. The van der Waals surface area contributed by atoms with Crippen LogP contribution in [0.3, 0.4) is 0 Å². The third-order valence-electron chi connectivity index (χ3n) is 5.73. The van der Waals surface area contributed by atoms with E-state index in [0.29, 0.717) is 37.9 Å². The van der Waals surface area contributed by atoms with Crippen LogP contribution in [0.5, 0.6) is 0 Å². The van der Waals surface area contributed by atoms with Crippen LogP contribution >= 0.6 is 0 Å². The van der Waals surface area contributed by atoms with Crippen molar-refractivity contribution in [2.45, 2.75) is 31.1 Å². The average Bonchev–Trinajstić information content (AvgIpc) is 3.17. The van der Waals surface area contributed by atoms with Crippen LogP contribution in [0.2, 0.25) is 0 Å². The van der Waals surface area contributed by atoms with Crippen molar-refractivity contribution in [3.8, 4) is 0 Å². The van der Waals surface area contributed by atoms with Gasteiger partial charge in [0.15, 0.2) is 0 Å². The molecule has 0 radical (unpaired) electrons. The molecule has 0 bridgehead atoms. The summed E-state index contributed by atoms with van der Waals surface area (Å²) < 4.78 is 32.7. The van der Waals surface area contributed by atoms with Gasteiger partial charge in [0.1, 0.15) is 0 Å². The molecule has 3 aliphatic rings. The van der Waals surface area contributed by atoms with Gasteiger partial charge in [-0.05, 0) is 43.4 Å². The smallest absolute Gasteiger partial charge is 0.243 e. The fourth-order valence-corrected chi connectivity index (χ4v) is 5.29. The van der Waals surface area contributed by atoms with Crippen LogP contribution in [0.1, 0.15) is 26.2 Å². The molecule has 148 valence electrons. The van der Waals surface area contributed by atoms with Gasteiger partial charge in [-0.2, -0.15) is 4.31 Å². The normalized spacial score (nSPS) is 26.2. The van der Waals surface area contributed by atoms with Crippen molar-refractivity contribution in [1.82, 2.24) is 4.31 Å². The molecule has 1 amide bonds. The van der Waals surface area contributed by atoms with Gasteiger partial charge in [-0.15, -0.1) is 0 Å². The Morgan fingerprint density at radius 1 is 1.15 bits per heavy atom. The van der Waals surface area contributed by atoms with E-state index in [4.69, 9.17) is 4.74 Å². The highest BCUT2D eigenvalue weighted by Crippen LogP contribution is 2.40. The van der Waals surface area contributed by atoms with E-state index in [1.54, 1.807) is 12.1 Å². The van der Waals surface area contributed by atoms with Crippen LogP contribution in [0.4, 0.5) is 11.4 Å². The molecule has 1 aromatic rings. The van der Waals surface area contributed by atoms with Gasteiger partial charge in [0.05, 0.1) is 29.5 Å². The second-order valence-electron chi connectivity index (χ2n) is 7.70. The first-order valence-corrected chi connectivity index (χ1v) is 11.2. The standard InChI is InChI=1S/C19H27N3O4S/c1-14-12-16(14)19(23)20-17-13-15(4-5-18(17)21-6-2-3-7-21)27(24,25)22-8-10-26-11-9-22/h4-5,13-14,16H,2-3,6-12H2,1H3,(H,20,23)/t14-,16-/m0/s1. The van der Waals surface area contributed by atoms with Gasteiger partial charge in [0.25, 0.3) is 0 Å².